The Morgan fingerprint density at radius 2 is 2.05 bits per heavy atom. The molecule has 0 bridgehead atoms. The lowest BCUT2D eigenvalue weighted by Gasteiger charge is -2.35. The zero-order valence-electron chi connectivity index (χ0n) is 12.5. The molecule has 1 aromatic rings. The maximum Gasteiger partial charge on any atom is 0.132 e. The Labute approximate surface area is 117 Å². The molecule has 1 aromatic heterocycles. The summed E-state index contributed by atoms with van der Waals surface area (Å²) in [6.45, 7) is 6.42. The van der Waals surface area contributed by atoms with E-state index in [-0.39, 0.29) is 0 Å². The minimum atomic E-state index is 0.659. The first-order valence-electron chi connectivity index (χ1n) is 7.59. The molecular weight excluding hydrogens is 234 g/mol. The summed E-state index contributed by atoms with van der Waals surface area (Å²) >= 11 is 0. The molecule has 0 radical (unpaired) electrons. The van der Waals surface area contributed by atoms with Crippen molar-refractivity contribution in [1.82, 2.24) is 10.3 Å². The van der Waals surface area contributed by atoms with E-state index in [1.165, 1.54) is 31.2 Å². The van der Waals surface area contributed by atoms with Crippen molar-refractivity contribution in [2.75, 3.05) is 18.5 Å². The van der Waals surface area contributed by atoms with Gasteiger partial charge in [0.1, 0.15) is 5.82 Å². The molecule has 1 N–H and O–H groups in total. The Morgan fingerprint density at radius 3 is 2.74 bits per heavy atom. The van der Waals surface area contributed by atoms with Crippen molar-refractivity contribution in [3.63, 3.8) is 0 Å². The molecule has 0 atom stereocenters. The molecule has 1 aliphatic carbocycles. The fraction of sp³-hybridized carbons (Fsp3) is 0.688. The maximum absolute atomic E-state index is 4.61. The molecule has 106 valence electrons. The molecule has 1 heterocycles. The van der Waals surface area contributed by atoms with Gasteiger partial charge in [0.2, 0.25) is 0 Å². The average Bonchev–Trinajstić information content (AvgIpc) is 2.45. The molecule has 3 heteroatoms. The lowest BCUT2D eigenvalue weighted by molar-refractivity contribution is 0.339. The van der Waals surface area contributed by atoms with Crippen LogP contribution in [0.5, 0.6) is 0 Å². The van der Waals surface area contributed by atoms with E-state index in [0.29, 0.717) is 6.04 Å². The lowest BCUT2D eigenvalue weighted by atomic mass is 9.86. The molecule has 1 aliphatic rings. The van der Waals surface area contributed by atoms with Crippen LogP contribution in [-0.4, -0.2) is 24.6 Å². The smallest absolute Gasteiger partial charge is 0.132 e. The van der Waals surface area contributed by atoms with Gasteiger partial charge in [0.15, 0.2) is 0 Å². The zero-order chi connectivity index (χ0) is 13.7. The Morgan fingerprint density at radius 1 is 1.32 bits per heavy atom. The normalized spacial score (nSPS) is 23.3. The monoisotopic (exact) mass is 261 g/mol. The first-order chi connectivity index (χ1) is 9.22. The average molecular weight is 261 g/mol. The van der Waals surface area contributed by atoms with Crippen molar-refractivity contribution in [3.8, 4) is 0 Å². The molecule has 2 rings (SSSR count). The van der Waals surface area contributed by atoms with Crippen LogP contribution in [-0.2, 0) is 6.54 Å². The van der Waals surface area contributed by atoms with Crippen molar-refractivity contribution in [3.05, 3.63) is 23.9 Å². The summed E-state index contributed by atoms with van der Waals surface area (Å²) in [5.74, 6) is 2.05. The number of nitrogens with zero attached hydrogens (tertiary/aromatic N) is 2. The molecule has 0 aliphatic heterocycles. The van der Waals surface area contributed by atoms with Crippen molar-refractivity contribution in [2.45, 2.75) is 52.1 Å². The van der Waals surface area contributed by atoms with Crippen LogP contribution in [0.2, 0.25) is 0 Å². The SMILES string of the molecule is CCNCc1cccnc1N(C)C1CCC(C)CC1. The van der Waals surface area contributed by atoms with Gasteiger partial charge in [-0.05, 0) is 44.2 Å². The van der Waals surface area contributed by atoms with Gasteiger partial charge in [-0.1, -0.05) is 19.9 Å². The molecule has 0 unspecified atom stereocenters. The summed E-state index contributed by atoms with van der Waals surface area (Å²) in [7, 11) is 2.21. The highest BCUT2D eigenvalue weighted by Gasteiger charge is 2.23. The number of anilines is 1. The number of aromatic nitrogens is 1. The van der Waals surface area contributed by atoms with Gasteiger partial charge in [0.25, 0.3) is 0 Å². The second-order valence-corrected chi connectivity index (χ2v) is 5.79. The highest BCUT2D eigenvalue weighted by molar-refractivity contribution is 5.47. The van der Waals surface area contributed by atoms with Crippen LogP contribution >= 0.6 is 0 Å². The highest BCUT2D eigenvalue weighted by Crippen LogP contribution is 2.29. The Kier molecular flexibility index (Phi) is 5.20. The van der Waals surface area contributed by atoms with Gasteiger partial charge in [-0.3, -0.25) is 0 Å². The van der Waals surface area contributed by atoms with Gasteiger partial charge in [0.05, 0.1) is 0 Å². The second-order valence-electron chi connectivity index (χ2n) is 5.79. The minimum Gasteiger partial charge on any atom is -0.356 e. The minimum absolute atomic E-state index is 0.659. The van der Waals surface area contributed by atoms with Crippen molar-refractivity contribution < 1.29 is 0 Å². The third-order valence-electron chi connectivity index (χ3n) is 4.30. The van der Waals surface area contributed by atoms with Crippen LogP contribution in [0.3, 0.4) is 0 Å². The summed E-state index contributed by atoms with van der Waals surface area (Å²) in [5, 5.41) is 3.40. The van der Waals surface area contributed by atoms with Crippen molar-refractivity contribution in [1.29, 1.82) is 0 Å². The molecule has 19 heavy (non-hydrogen) atoms. The van der Waals surface area contributed by atoms with E-state index in [4.69, 9.17) is 0 Å². The van der Waals surface area contributed by atoms with E-state index < -0.39 is 0 Å². The molecule has 0 amide bonds. The summed E-state index contributed by atoms with van der Waals surface area (Å²) < 4.78 is 0. The van der Waals surface area contributed by atoms with Gasteiger partial charge in [-0.25, -0.2) is 4.98 Å². The van der Waals surface area contributed by atoms with E-state index in [9.17, 15) is 0 Å². The van der Waals surface area contributed by atoms with E-state index in [2.05, 4.69) is 42.2 Å². The first-order valence-corrected chi connectivity index (χ1v) is 7.59. The fourth-order valence-corrected chi connectivity index (χ4v) is 2.95. The van der Waals surface area contributed by atoms with Gasteiger partial charge in [-0.15, -0.1) is 0 Å². The molecule has 1 fully saturated rings. The van der Waals surface area contributed by atoms with Crippen molar-refractivity contribution >= 4 is 5.82 Å². The van der Waals surface area contributed by atoms with Crippen LogP contribution in [0, 0.1) is 5.92 Å². The third kappa shape index (κ3) is 3.69. The molecule has 0 saturated heterocycles. The second kappa shape index (κ2) is 6.90. The predicted octanol–water partition coefficient (Wildman–Crippen LogP) is 3.21. The topological polar surface area (TPSA) is 28.2 Å². The summed E-state index contributed by atoms with van der Waals surface area (Å²) in [4.78, 5) is 7.01. The fourth-order valence-electron chi connectivity index (χ4n) is 2.95. The molecule has 3 nitrogen and oxygen atoms in total. The van der Waals surface area contributed by atoms with Crippen molar-refractivity contribution in [2.24, 2.45) is 5.92 Å². The lowest BCUT2D eigenvalue weighted by Crippen LogP contribution is -2.36. The van der Waals surface area contributed by atoms with E-state index in [1.54, 1.807) is 0 Å². The Bertz CT molecular complexity index is 383. The number of nitrogens with one attached hydrogen (secondary N) is 1. The van der Waals surface area contributed by atoms with Gasteiger partial charge < -0.3 is 10.2 Å². The van der Waals surface area contributed by atoms with E-state index in [1.807, 2.05) is 12.3 Å². The van der Waals surface area contributed by atoms with Gasteiger partial charge in [-0.2, -0.15) is 0 Å². The standard InChI is InChI=1S/C16H27N3/c1-4-17-12-14-6-5-11-18-16(14)19(3)15-9-7-13(2)8-10-15/h5-6,11,13,15,17H,4,7-10,12H2,1-3H3. The van der Waals surface area contributed by atoms with Crippen LogP contribution in [0.1, 0.15) is 45.1 Å². The number of hydrogen-bond donors (Lipinski definition) is 1. The maximum atomic E-state index is 4.61. The number of rotatable bonds is 5. The van der Waals surface area contributed by atoms with E-state index in [0.717, 1.165) is 24.8 Å². The van der Waals surface area contributed by atoms with Crippen LogP contribution < -0.4 is 10.2 Å². The van der Waals surface area contributed by atoms with Crippen LogP contribution in [0.15, 0.2) is 18.3 Å². The summed E-state index contributed by atoms with van der Waals surface area (Å²) in [6, 6.07) is 4.88. The van der Waals surface area contributed by atoms with E-state index >= 15 is 0 Å². The third-order valence-corrected chi connectivity index (χ3v) is 4.30. The first kappa shape index (κ1) is 14.3. The van der Waals surface area contributed by atoms with Crippen LogP contribution in [0.25, 0.3) is 0 Å². The number of pyridine rings is 1. The Balaban J connectivity index is 2.07. The predicted molar refractivity (Wildman–Crippen MR) is 81.4 cm³/mol. The molecule has 0 aromatic carbocycles. The Hall–Kier alpha value is -1.09. The van der Waals surface area contributed by atoms with Gasteiger partial charge >= 0.3 is 0 Å². The summed E-state index contributed by atoms with van der Waals surface area (Å²) in [5.41, 5.74) is 1.31. The quantitative estimate of drug-likeness (QED) is 0.882. The highest BCUT2D eigenvalue weighted by atomic mass is 15.2. The van der Waals surface area contributed by atoms with Gasteiger partial charge in [0, 0.05) is 31.4 Å². The number of hydrogen-bond acceptors (Lipinski definition) is 3. The van der Waals surface area contributed by atoms with Crippen LogP contribution in [0.4, 0.5) is 5.82 Å². The molecule has 0 spiro atoms. The summed E-state index contributed by atoms with van der Waals surface area (Å²) in [6.07, 6.45) is 7.21. The molecule has 1 saturated carbocycles. The zero-order valence-corrected chi connectivity index (χ0v) is 12.5. The largest absolute Gasteiger partial charge is 0.356 e. The molecular formula is C16H27N3.